The van der Waals surface area contributed by atoms with Gasteiger partial charge in [0.15, 0.2) is 0 Å². The highest BCUT2D eigenvalue weighted by molar-refractivity contribution is 8.03. The average Bonchev–Trinajstić information content (AvgIpc) is 2.55. The maximum absolute atomic E-state index is 12.2. The van der Waals surface area contributed by atoms with Crippen LogP contribution in [0, 0.1) is 0 Å². The van der Waals surface area contributed by atoms with Gasteiger partial charge in [0.25, 0.3) is 0 Å². The molecule has 0 aromatic heterocycles. The Bertz CT molecular complexity index is 743. The summed E-state index contributed by atoms with van der Waals surface area (Å²) < 4.78 is 5.46. The molecule has 118 valence electrons. The van der Waals surface area contributed by atoms with E-state index in [1.807, 2.05) is 36.4 Å². The van der Waals surface area contributed by atoms with Crippen LogP contribution in [0.25, 0.3) is 0 Å². The van der Waals surface area contributed by atoms with E-state index in [1.165, 1.54) is 11.8 Å². The third kappa shape index (κ3) is 3.89. The van der Waals surface area contributed by atoms with Crippen LogP contribution in [0.15, 0.2) is 65.3 Å². The molecule has 0 bridgehead atoms. The van der Waals surface area contributed by atoms with E-state index in [1.54, 1.807) is 18.2 Å². The number of hydrogen-bond donors (Lipinski definition) is 1. The minimum absolute atomic E-state index is 0.0761. The summed E-state index contributed by atoms with van der Waals surface area (Å²) in [6.45, 7) is 0. The Morgan fingerprint density at radius 1 is 1.17 bits per heavy atom. The first-order valence-corrected chi connectivity index (χ1v) is 8.55. The van der Waals surface area contributed by atoms with Gasteiger partial charge in [0, 0.05) is 17.2 Å². The topological polar surface area (TPSA) is 46.5 Å². The second-order valence-corrected chi connectivity index (χ2v) is 6.63. The van der Waals surface area contributed by atoms with Crippen molar-refractivity contribution in [1.29, 1.82) is 0 Å². The number of carbonyl (C=O) groups excluding carboxylic acids is 1. The largest absolute Gasteiger partial charge is 0.511 e. The van der Waals surface area contributed by atoms with Gasteiger partial charge < -0.3 is 9.84 Å². The number of ether oxygens (including phenoxy) is 1. The number of hydrogen-bond acceptors (Lipinski definition) is 4. The number of thioether (sulfide) groups is 1. The molecule has 0 saturated heterocycles. The minimum atomic E-state index is -0.498. The molecule has 2 aromatic rings. The predicted octanol–water partition coefficient (Wildman–Crippen LogP) is 5.03. The lowest BCUT2D eigenvalue weighted by Gasteiger charge is -2.24. The molecule has 0 fully saturated rings. The molecule has 0 spiro atoms. The normalized spacial score (nSPS) is 18.0. The van der Waals surface area contributed by atoms with Crippen molar-refractivity contribution < 1.29 is 14.6 Å². The molecule has 2 aromatic carbocycles. The number of aliphatic hydroxyl groups excluding tert-OH is 1. The zero-order valence-corrected chi connectivity index (χ0v) is 13.8. The Kier molecular flexibility index (Phi) is 4.94. The average molecular weight is 347 g/mol. The summed E-state index contributed by atoms with van der Waals surface area (Å²) in [4.78, 5) is 12.5. The molecular formula is C18H15ClO3S. The van der Waals surface area contributed by atoms with E-state index in [4.69, 9.17) is 16.3 Å². The van der Waals surface area contributed by atoms with Crippen LogP contribution in [0.1, 0.15) is 23.7 Å². The van der Waals surface area contributed by atoms with Crippen molar-refractivity contribution in [2.75, 3.05) is 0 Å². The SMILES string of the molecule is O=C1OC(c2cccc(Cl)c2)CC(O)=C1SCc1ccccc1. The standard InChI is InChI=1S/C18H15ClO3S/c19-14-8-4-7-13(9-14)16-10-15(20)17(18(21)22-16)23-11-12-5-2-1-3-6-12/h1-9,16,20H,10-11H2. The zero-order valence-electron chi connectivity index (χ0n) is 12.2. The van der Waals surface area contributed by atoms with Gasteiger partial charge in [-0.05, 0) is 23.3 Å². The Morgan fingerprint density at radius 3 is 2.65 bits per heavy atom. The summed E-state index contributed by atoms with van der Waals surface area (Å²) in [5.74, 6) is 0.198. The van der Waals surface area contributed by atoms with Gasteiger partial charge in [0.1, 0.15) is 16.8 Å². The molecule has 23 heavy (non-hydrogen) atoms. The van der Waals surface area contributed by atoms with Gasteiger partial charge in [0.05, 0.1) is 0 Å². The lowest BCUT2D eigenvalue weighted by Crippen LogP contribution is -2.20. The van der Waals surface area contributed by atoms with Crippen LogP contribution >= 0.6 is 23.4 Å². The number of halogens is 1. The van der Waals surface area contributed by atoms with E-state index in [0.717, 1.165) is 11.1 Å². The molecule has 3 nitrogen and oxygen atoms in total. The lowest BCUT2D eigenvalue weighted by molar-refractivity contribution is -0.146. The lowest BCUT2D eigenvalue weighted by atomic mass is 10.0. The highest BCUT2D eigenvalue weighted by atomic mass is 35.5. The van der Waals surface area contributed by atoms with Gasteiger partial charge in [0.2, 0.25) is 0 Å². The zero-order chi connectivity index (χ0) is 16.2. The van der Waals surface area contributed by atoms with Crippen LogP contribution in [-0.4, -0.2) is 11.1 Å². The first-order chi connectivity index (χ1) is 11.1. The summed E-state index contributed by atoms with van der Waals surface area (Å²) in [5, 5.41) is 10.8. The number of rotatable bonds is 4. The third-order valence-corrected chi connectivity index (χ3v) is 4.93. The Labute approximate surface area is 143 Å². The monoisotopic (exact) mass is 346 g/mol. The van der Waals surface area contributed by atoms with Crippen molar-refractivity contribution in [1.82, 2.24) is 0 Å². The molecule has 1 N–H and O–H groups in total. The number of benzene rings is 2. The number of esters is 1. The minimum Gasteiger partial charge on any atom is -0.511 e. The van der Waals surface area contributed by atoms with Crippen LogP contribution in [0.4, 0.5) is 0 Å². The van der Waals surface area contributed by atoms with Gasteiger partial charge in [-0.2, -0.15) is 0 Å². The molecule has 0 aliphatic carbocycles. The summed E-state index contributed by atoms with van der Waals surface area (Å²) in [6, 6.07) is 16.9. The van der Waals surface area contributed by atoms with E-state index in [9.17, 15) is 9.90 Å². The molecule has 1 heterocycles. The van der Waals surface area contributed by atoms with Crippen molar-refractivity contribution in [3.8, 4) is 0 Å². The number of cyclic esters (lactones) is 1. The van der Waals surface area contributed by atoms with Crippen molar-refractivity contribution in [2.45, 2.75) is 18.3 Å². The number of carbonyl (C=O) groups is 1. The Balaban J connectivity index is 1.73. The molecule has 0 amide bonds. The van der Waals surface area contributed by atoms with E-state index >= 15 is 0 Å². The van der Waals surface area contributed by atoms with Crippen molar-refractivity contribution >= 4 is 29.3 Å². The van der Waals surface area contributed by atoms with Crippen LogP contribution in [0.3, 0.4) is 0 Å². The Hall–Kier alpha value is -1.91. The van der Waals surface area contributed by atoms with Crippen molar-refractivity contribution in [2.24, 2.45) is 0 Å². The van der Waals surface area contributed by atoms with E-state index in [2.05, 4.69) is 0 Å². The van der Waals surface area contributed by atoms with Crippen LogP contribution < -0.4 is 0 Å². The molecule has 0 radical (unpaired) electrons. The second kappa shape index (κ2) is 7.11. The molecule has 3 rings (SSSR count). The van der Waals surface area contributed by atoms with Crippen LogP contribution in [0.5, 0.6) is 0 Å². The third-order valence-electron chi connectivity index (χ3n) is 3.52. The Morgan fingerprint density at radius 2 is 1.96 bits per heavy atom. The quantitative estimate of drug-likeness (QED) is 0.788. The first kappa shape index (κ1) is 16.0. The van der Waals surface area contributed by atoms with Crippen molar-refractivity contribution in [3.05, 3.63) is 81.4 Å². The van der Waals surface area contributed by atoms with Gasteiger partial charge in [-0.15, -0.1) is 11.8 Å². The second-order valence-electron chi connectivity index (χ2n) is 5.20. The molecule has 1 unspecified atom stereocenters. The highest BCUT2D eigenvalue weighted by Gasteiger charge is 2.30. The maximum Gasteiger partial charge on any atom is 0.348 e. The fourth-order valence-corrected chi connectivity index (χ4v) is 3.49. The first-order valence-electron chi connectivity index (χ1n) is 7.19. The van der Waals surface area contributed by atoms with Gasteiger partial charge in [-0.25, -0.2) is 4.79 Å². The molecule has 1 atom stereocenters. The summed E-state index contributed by atoms with van der Waals surface area (Å²) in [5.41, 5.74) is 1.87. The molecule has 1 aliphatic rings. The molecule has 1 aliphatic heterocycles. The maximum atomic E-state index is 12.2. The predicted molar refractivity (Wildman–Crippen MR) is 92.3 cm³/mol. The fourth-order valence-electron chi connectivity index (χ4n) is 2.38. The molecular weight excluding hydrogens is 332 g/mol. The molecule has 0 saturated carbocycles. The highest BCUT2D eigenvalue weighted by Crippen LogP contribution is 2.37. The van der Waals surface area contributed by atoms with E-state index in [0.29, 0.717) is 10.8 Å². The van der Waals surface area contributed by atoms with E-state index in [-0.39, 0.29) is 17.1 Å². The summed E-state index contributed by atoms with van der Waals surface area (Å²) >= 11 is 7.26. The van der Waals surface area contributed by atoms with Gasteiger partial charge >= 0.3 is 5.97 Å². The smallest absolute Gasteiger partial charge is 0.348 e. The molecule has 5 heteroatoms. The fraction of sp³-hybridized carbons (Fsp3) is 0.167. The van der Waals surface area contributed by atoms with Crippen LogP contribution in [0.2, 0.25) is 5.02 Å². The number of aliphatic hydroxyl groups is 1. The van der Waals surface area contributed by atoms with Gasteiger partial charge in [-0.3, -0.25) is 0 Å². The van der Waals surface area contributed by atoms with E-state index < -0.39 is 12.1 Å². The summed E-state index contributed by atoms with van der Waals surface area (Å²) in [7, 11) is 0. The van der Waals surface area contributed by atoms with Gasteiger partial charge in [-0.1, -0.05) is 54.1 Å². The van der Waals surface area contributed by atoms with Crippen LogP contribution in [-0.2, 0) is 15.3 Å². The summed E-state index contributed by atoms with van der Waals surface area (Å²) in [6.07, 6.45) is -0.231. The van der Waals surface area contributed by atoms with Crippen molar-refractivity contribution in [3.63, 3.8) is 0 Å².